The lowest BCUT2D eigenvalue weighted by Gasteiger charge is -2.14. The summed E-state index contributed by atoms with van der Waals surface area (Å²) in [7, 11) is 0. The van der Waals surface area contributed by atoms with Gasteiger partial charge in [0.25, 0.3) is 17.4 Å². The lowest BCUT2D eigenvalue weighted by molar-refractivity contribution is -0.384. The van der Waals surface area contributed by atoms with Crippen molar-refractivity contribution in [3.8, 4) is 12.3 Å². The number of rotatable bonds is 3. The summed E-state index contributed by atoms with van der Waals surface area (Å²) in [4.78, 5) is 34.6. The molecular weight excluding hydrogens is 236 g/mol. The first-order valence-corrected chi connectivity index (χ1v) is 5.14. The number of carbonyl (C=O) groups is 2. The zero-order valence-corrected chi connectivity index (χ0v) is 9.25. The molecule has 1 aliphatic rings. The van der Waals surface area contributed by atoms with Crippen LogP contribution in [0.1, 0.15) is 16.8 Å². The number of hydrogen-bond donors (Lipinski definition) is 0. The lowest BCUT2D eigenvalue weighted by atomic mass is 10.1. The van der Waals surface area contributed by atoms with E-state index >= 15 is 0 Å². The minimum Gasteiger partial charge on any atom is -0.304 e. The van der Waals surface area contributed by atoms with E-state index in [1.54, 1.807) is 0 Å². The maximum Gasteiger partial charge on any atom is 0.299 e. The number of Topliss-reactive ketones (excluding diaryl/α,β-unsaturated/α-hetero) is 1. The van der Waals surface area contributed by atoms with Crippen LogP contribution in [-0.2, 0) is 4.79 Å². The van der Waals surface area contributed by atoms with Gasteiger partial charge in [0.05, 0.1) is 16.2 Å². The number of nitro benzene ring substituents is 1. The molecule has 0 fully saturated rings. The van der Waals surface area contributed by atoms with Crippen LogP contribution in [0.15, 0.2) is 18.2 Å². The SMILES string of the molecule is C#CCCN1C(=O)C(=O)c2cc([N+](=O)[O-])ccc21. The fourth-order valence-electron chi connectivity index (χ4n) is 1.80. The Hall–Kier alpha value is -2.68. The van der Waals surface area contributed by atoms with Crippen molar-refractivity contribution in [2.24, 2.45) is 0 Å². The third kappa shape index (κ3) is 1.72. The molecule has 6 nitrogen and oxygen atoms in total. The summed E-state index contributed by atoms with van der Waals surface area (Å²) in [5.74, 6) is 0.952. The summed E-state index contributed by atoms with van der Waals surface area (Å²) < 4.78 is 0. The minimum absolute atomic E-state index is 0.0613. The number of amides is 1. The van der Waals surface area contributed by atoms with E-state index < -0.39 is 16.6 Å². The third-order valence-electron chi connectivity index (χ3n) is 2.65. The Labute approximate surface area is 102 Å². The van der Waals surface area contributed by atoms with E-state index in [1.807, 2.05) is 0 Å². The van der Waals surface area contributed by atoms with Crippen LogP contribution in [0.4, 0.5) is 11.4 Å². The highest BCUT2D eigenvalue weighted by molar-refractivity contribution is 6.52. The standard InChI is InChI=1S/C12H8N2O4/c1-2-3-6-13-10-5-4-8(14(17)18)7-9(10)11(15)12(13)16/h1,4-5,7H,3,6H2. The van der Waals surface area contributed by atoms with Crippen molar-refractivity contribution in [2.45, 2.75) is 6.42 Å². The van der Waals surface area contributed by atoms with Crippen molar-refractivity contribution < 1.29 is 14.5 Å². The molecule has 0 spiro atoms. The van der Waals surface area contributed by atoms with Crippen molar-refractivity contribution in [1.29, 1.82) is 0 Å². The van der Waals surface area contributed by atoms with Gasteiger partial charge in [-0.15, -0.1) is 12.3 Å². The molecular formula is C12H8N2O4. The van der Waals surface area contributed by atoms with Gasteiger partial charge in [-0.05, 0) is 6.07 Å². The Kier molecular flexibility index (Phi) is 2.81. The van der Waals surface area contributed by atoms with Gasteiger partial charge in [-0.1, -0.05) is 0 Å². The van der Waals surface area contributed by atoms with Crippen LogP contribution in [0, 0.1) is 22.5 Å². The number of terminal acetylenes is 1. The smallest absolute Gasteiger partial charge is 0.299 e. The number of ketones is 1. The highest BCUT2D eigenvalue weighted by Gasteiger charge is 2.36. The van der Waals surface area contributed by atoms with Crippen LogP contribution in [0.3, 0.4) is 0 Å². The predicted molar refractivity (Wildman–Crippen MR) is 63.2 cm³/mol. The highest BCUT2D eigenvalue weighted by atomic mass is 16.6. The van der Waals surface area contributed by atoms with E-state index in [0.29, 0.717) is 12.1 Å². The number of benzene rings is 1. The van der Waals surface area contributed by atoms with E-state index in [0.717, 1.165) is 6.07 Å². The van der Waals surface area contributed by atoms with Gasteiger partial charge in [0.1, 0.15) is 0 Å². The zero-order chi connectivity index (χ0) is 13.3. The van der Waals surface area contributed by atoms with Crippen molar-refractivity contribution in [3.63, 3.8) is 0 Å². The Morgan fingerprint density at radius 3 is 2.72 bits per heavy atom. The summed E-state index contributed by atoms with van der Waals surface area (Å²) in [5, 5.41) is 10.6. The normalized spacial score (nSPS) is 13.4. The second kappa shape index (κ2) is 4.30. The molecule has 1 aromatic carbocycles. The van der Waals surface area contributed by atoms with Crippen LogP contribution >= 0.6 is 0 Å². The van der Waals surface area contributed by atoms with Gasteiger partial charge in [0, 0.05) is 25.1 Å². The predicted octanol–water partition coefficient (Wildman–Crippen LogP) is 1.15. The number of nitrogens with zero attached hydrogens (tertiary/aromatic N) is 2. The summed E-state index contributed by atoms with van der Waals surface area (Å²) in [6, 6.07) is 3.77. The largest absolute Gasteiger partial charge is 0.304 e. The molecule has 0 saturated carbocycles. The fourth-order valence-corrected chi connectivity index (χ4v) is 1.80. The van der Waals surface area contributed by atoms with Crippen molar-refractivity contribution >= 4 is 23.1 Å². The van der Waals surface area contributed by atoms with Crippen LogP contribution in [0.5, 0.6) is 0 Å². The average molecular weight is 244 g/mol. The first-order valence-electron chi connectivity index (χ1n) is 5.14. The molecule has 90 valence electrons. The molecule has 18 heavy (non-hydrogen) atoms. The lowest BCUT2D eigenvalue weighted by Crippen LogP contribution is -2.30. The number of fused-ring (bicyclic) bond motifs is 1. The quantitative estimate of drug-likeness (QED) is 0.345. The number of carbonyl (C=O) groups excluding carboxylic acids is 2. The molecule has 0 atom stereocenters. The molecule has 0 radical (unpaired) electrons. The van der Waals surface area contributed by atoms with Crippen LogP contribution in [-0.4, -0.2) is 23.2 Å². The molecule has 2 rings (SSSR count). The Balaban J connectivity index is 2.45. The Morgan fingerprint density at radius 2 is 2.11 bits per heavy atom. The zero-order valence-electron chi connectivity index (χ0n) is 9.25. The summed E-state index contributed by atoms with van der Waals surface area (Å²) in [5.41, 5.74) is 0.228. The van der Waals surface area contributed by atoms with Gasteiger partial charge >= 0.3 is 0 Å². The van der Waals surface area contributed by atoms with Crippen LogP contribution in [0.2, 0.25) is 0 Å². The molecule has 0 unspecified atom stereocenters. The van der Waals surface area contributed by atoms with E-state index in [-0.39, 0.29) is 17.8 Å². The van der Waals surface area contributed by atoms with Gasteiger partial charge in [-0.2, -0.15) is 0 Å². The minimum atomic E-state index is -0.731. The van der Waals surface area contributed by atoms with Gasteiger partial charge in [-0.25, -0.2) is 0 Å². The number of anilines is 1. The van der Waals surface area contributed by atoms with Gasteiger partial charge in [0.15, 0.2) is 0 Å². The van der Waals surface area contributed by atoms with E-state index in [9.17, 15) is 19.7 Å². The Bertz CT molecular complexity index is 601. The maximum absolute atomic E-state index is 11.7. The van der Waals surface area contributed by atoms with Crippen molar-refractivity contribution in [3.05, 3.63) is 33.9 Å². The van der Waals surface area contributed by atoms with E-state index in [2.05, 4.69) is 5.92 Å². The van der Waals surface area contributed by atoms with Crippen molar-refractivity contribution in [2.75, 3.05) is 11.4 Å². The van der Waals surface area contributed by atoms with E-state index in [1.165, 1.54) is 17.0 Å². The third-order valence-corrected chi connectivity index (χ3v) is 2.65. The monoisotopic (exact) mass is 244 g/mol. The summed E-state index contributed by atoms with van der Waals surface area (Å²) in [6.45, 7) is 0.228. The van der Waals surface area contributed by atoms with Gasteiger partial charge in [-0.3, -0.25) is 19.7 Å². The maximum atomic E-state index is 11.7. The molecule has 0 aliphatic carbocycles. The molecule has 0 saturated heterocycles. The average Bonchev–Trinajstić information content (AvgIpc) is 2.60. The summed E-state index contributed by atoms with van der Waals surface area (Å²) >= 11 is 0. The first-order chi connectivity index (χ1) is 8.56. The molecule has 1 aromatic rings. The number of hydrogen-bond acceptors (Lipinski definition) is 4. The second-order valence-electron chi connectivity index (χ2n) is 3.70. The van der Waals surface area contributed by atoms with Crippen LogP contribution < -0.4 is 4.90 Å². The second-order valence-corrected chi connectivity index (χ2v) is 3.70. The van der Waals surface area contributed by atoms with Crippen molar-refractivity contribution in [1.82, 2.24) is 0 Å². The molecule has 0 aromatic heterocycles. The topological polar surface area (TPSA) is 80.5 Å². The fraction of sp³-hybridized carbons (Fsp3) is 0.167. The van der Waals surface area contributed by atoms with Crippen LogP contribution in [0.25, 0.3) is 0 Å². The number of nitro groups is 1. The molecule has 0 N–H and O–H groups in total. The molecule has 0 bridgehead atoms. The number of non-ortho nitro benzene ring substituents is 1. The van der Waals surface area contributed by atoms with Gasteiger partial charge < -0.3 is 4.90 Å². The highest BCUT2D eigenvalue weighted by Crippen LogP contribution is 2.31. The molecule has 1 amide bonds. The summed E-state index contributed by atoms with van der Waals surface area (Å²) in [6.07, 6.45) is 5.42. The van der Waals surface area contributed by atoms with Gasteiger partial charge in [0.2, 0.25) is 0 Å². The van der Waals surface area contributed by atoms with E-state index in [4.69, 9.17) is 6.42 Å². The first kappa shape index (κ1) is 11.8. The molecule has 1 heterocycles. The molecule has 1 aliphatic heterocycles. The Morgan fingerprint density at radius 1 is 1.39 bits per heavy atom. The molecule has 6 heteroatoms.